The molecule has 0 spiro atoms. The van der Waals surface area contributed by atoms with Crippen LogP contribution in [0.1, 0.15) is 69.7 Å². The molecule has 1 amide bonds. The molecule has 230 valence electrons. The molecule has 5 heterocycles. The Labute approximate surface area is 253 Å². The van der Waals surface area contributed by atoms with Gasteiger partial charge in [0.1, 0.15) is 16.7 Å². The van der Waals surface area contributed by atoms with Crippen LogP contribution in [0.3, 0.4) is 0 Å². The van der Waals surface area contributed by atoms with Crippen LogP contribution < -0.4 is 15.0 Å². The van der Waals surface area contributed by atoms with Crippen molar-refractivity contribution in [3.63, 3.8) is 0 Å². The van der Waals surface area contributed by atoms with Gasteiger partial charge in [0.15, 0.2) is 5.82 Å². The minimum absolute atomic E-state index is 0.0338. The number of amides is 1. The maximum absolute atomic E-state index is 14.2. The lowest BCUT2D eigenvalue weighted by molar-refractivity contribution is -0.190. The molecule has 1 aliphatic carbocycles. The zero-order chi connectivity index (χ0) is 30.6. The van der Waals surface area contributed by atoms with Crippen molar-refractivity contribution in [3.05, 3.63) is 48.2 Å². The number of hydrogen-bond acceptors (Lipinski definition) is 8. The van der Waals surface area contributed by atoms with Gasteiger partial charge in [0.2, 0.25) is 5.88 Å². The normalized spacial score (nSPS) is 22.9. The van der Waals surface area contributed by atoms with Gasteiger partial charge in [-0.25, -0.2) is 14.6 Å². The number of aromatic nitrogens is 4. The molecular formula is C30H36F3N7O2S. The van der Waals surface area contributed by atoms with E-state index < -0.39 is 11.6 Å². The minimum Gasteiger partial charge on any atom is -0.477 e. The van der Waals surface area contributed by atoms with Gasteiger partial charge in [-0.1, -0.05) is 6.07 Å². The van der Waals surface area contributed by atoms with Gasteiger partial charge < -0.3 is 15.0 Å². The summed E-state index contributed by atoms with van der Waals surface area (Å²) in [5.74, 6) is 1.87. The lowest BCUT2D eigenvalue weighted by Gasteiger charge is -2.45. The van der Waals surface area contributed by atoms with E-state index in [1.165, 1.54) is 16.6 Å². The number of alkyl halides is 3. The largest absolute Gasteiger partial charge is 0.477 e. The number of nitrogens with zero attached hydrogens (tertiary/aromatic N) is 6. The number of halogens is 3. The summed E-state index contributed by atoms with van der Waals surface area (Å²) in [6.07, 6.45) is 0.0731. The fourth-order valence-electron chi connectivity index (χ4n) is 5.79. The summed E-state index contributed by atoms with van der Waals surface area (Å²) in [6, 6.07) is 11.1. The van der Waals surface area contributed by atoms with Crippen molar-refractivity contribution in [2.24, 2.45) is 5.41 Å². The second kappa shape index (κ2) is 10.9. The number of ether oxygens (including phenoxy) is 1. The number of fused-ring (bicyclic) bond motifs is 4. The van der Waals surface area contributed by atoms with E-state index in [4.69, 9.17) is 14.7 Å². The van der Waals surface area contributed by atoms with Crippen LogP contribution >= 0.6 is 11.9 Å². The Morgan fingerprint density at radius 2 is 1.91 bits per heavy atom. The third-order valence-electron chi connectivity index (χ3n) is 8.91. The van der Waals surface area contributed by atoms with E-state index in [1.807, 2.05) is 29.6 Å². The van der Waals surface area contributed by atoms with Crippen molar-refractivity contribution in [2.75, 3.05) is 23.9 Å². The van der Waals surface area contributed by atoms with Gasteiger partial charge in [-0.3, -0.25) is 9.10 Å². The Hall–Kier alpha value is -3.48. The highest BCUT2D eigenvalue weighted by Gasteiger charge is 2.62. The first-order chi connectivity index (χ1) is 20.3. The monoisotopic (exact) mass is 615 g/mol. The maximum atomic E-state index is 14.2. The van der Waals surface area contributed by atoms with Crippen LogP contribution in [0, 0.1) is 5.41 Å². The first-order valence-electron chi connectivity index (χ1n) is 14.6. The molecule has 2 aliphatic heterocycles. The SMILES string of the molecule is CC1CCC2CC(C)(C)N(C)c3nc(-n4ccc(OCCC5(C(F)(F)F)CC5)n4)ccc3C(=O)N2Sc2cccc(n2)N1. The molecule has 9 nitrogen and oxygen atoms in total. The Morgan fingerprint density at radius 1 is 1.12 bits per heavy atom. The summed E-state index contributed by atoms with van der Waals surface area (Å²) < 4.78 is 48.7. The second-order valence-electron chi connectivity index (χ2n) is 12.5. The summed E-state index contributed by atoms with van der Waals surface area (Å²) in [5, 5.41) is 8.61. The molecule has 2 unspecified atom stereocenters. The number of hydrogen-bond donors (Lipinski definition) is 1. The van der Waals surface area contributed by atoms with Crippen molar-refractivity contribution in [1.29, 1.82) is 0 Å². The van der Waals surface area contributed by atoms with E-state index in [-0.39, 0.29) is 55.3 Å². The van der Waals surface area contributed by atoms with Gasteiger partial charge in [-0.05, 0) is 83.6 Å². The van der Waals surface area contributed by atoms with Gasteiger partial charge in [-0.2, -0.15) is 13.2 Å². The maximum Gasteiger partial charge on any atom is 0.394 e. The third-order valence-corrected chi connectivity index (χ3v) is 9.99. The smallest absolute Gasteiger partial charge is 0.394 e. The fraction of sp³-hybridized carbons (Fsp3) is 0.533. The van der Waals surface area contributed by atoms with Crippen molar-refractivity contribution in [3.8, 4) is 11.7 Å². The predicted octanol–water partition coefficient (Wildman–Crippen LogP) is 6.50. The van der Waals surface area contributed by atoms with E-state index in [0.29, 0.717) is 17.2 Å². The van der Waals surface area contributed by atoms with Crippen molar-refractivity contribution in [1.82, 2.24) is 24.1 Å². The lowest BCUT2D eigenvalue weighted by Crippen LogP contribution is -2.51. The molecule has 2 bridgehead atoms. The van der Waals surface area contributed by atoms with Crippen LogP contribution in [0.2, 0.25) is 0 Å². The summed E-state index contributed by atoms with van der Waals surface area (Å²) in [4.78, 5) is 25.9. The molecule has 0 radical (unpaired) electrons. The molecule has 1 N–H and O–H groups in total. The van der Waals surface area contributed by atoms with Crippen molar-refractivity contribution >= 4 is 29.5 Å². The Bertz CT molecular complexity index is 1510. The standard InChI is InChI=1S/C30H36F3N7O2S/c1-19-8-9-20-18-28(2,3)38(4)26-21(27(41)40(20)43-25-7-5-6-22(34-19)35-25)10-11-23(36-26)39-16-12-24(37-39)42-17-15-29(13-14-29)30(31,32)33/h5-7,10-12,16,19-20H,8-9,13-15,17-18H2,1-4H3,(H,34,35). The van der Waals surface area contributed by atoms with Crippen molar-refractivity contribution < 1.29 is 22.7 Å². The summed E-state index contributed by atoms with van der Waals surface area (Å²) in [6.45, 7) is 6.36. The van der Waals surface area contributed by atoms with Crippen LogP contribution in [0.4, 0.5) is 24.8 Å². The van der Waals surface area contributed by atoms with E-state index >= 15 is 0 Å². The van der Waals surface area contributed by atoms with Crippen molar-refractivity contribution in [2.45, 2.75) is 88.1 Å². The Morgan fingerprint density at radius 3 is 2.65 bits per heavy atom. The number of carbonyl (C=O) groups excluding carboxylic acids is 1. The lowest BCUT2D eigenvalue weighted by atomic mass is 9.88. The van der Waals surface area contributed by atoms with Crippen LogP contribution in [-0.2, 0) is 0 Å². The average molecular weight is 616 g/mol. The number of pyridine rings is 2. The molecule has 13 heteroatoms. The zero-order valence-corrected chi connectivity index (χ0v) is 25.5. The van der Waals surface area contributed by atoms with Crippen LogP contribution in [0.25, 0.3) is 5.82 Å². The number of rotatable bonds is 5. The first kappa shape index (κ1) is 29.6. The minimum atomic E-state index is -4.21. The quantitative estimate of drug-likeness (QED) is 0.326. The van der Waals surface area contributed by atoms with E-state index in [2.05, 4.69) is 36.1 Å². The van der Waals surface area contributed by atoms with E-state index in [0.717, 1.165) is 30.1 Å². The van der Waals surface area contributed by atoms with E-state index in [9.17, 15) is 18.0 Å². The third kappa shape index (κ3) is 5.87. The van der Waals surface area contributed by atoms with Gasteiger partial charge >= 0.3 is 6.18 Å². The molecular weight excluding hydrogens is 579 g/mol. The van der Waals surface area contributed by atoms with Gasteiger partial charge in [-0.15, -0.1) is 5.10 Å². The zero-order valence-electron chi connectivity index (χ0n) is 24.7. The predicted molar refractivity (Wildman–Crippen MR) is 159 cm³/mol. The van der Waals surface area contributed by atoms with Gasteiger partial charge in [0, 0.05) is 48.9 Å². The summed E-state index contributed by atoms with van der Waals surface area (Å²) in [7, 11) is 1.95. The van der Waals surface area contributed by atoms with Gasteiger partial charge in [0.05, 0.1) is 17.6 Å². The van der Waals surface area contributed by atoms with Gasteiger partial charge in [0.25, 0.3) is 5.91 Å². The molecule has 3 aliphatic rings. The highest BCUT2D eigenvalue weighted by molar-refractivity contribution is 7.97. The molecule has 6 rings (SSSR count). The summed E-state index contributed by atoms with van der Waals surface area (Å²) in [5.41, 5.74) is -1.50. The van der Waals surface area contributed by atoms with Crippen LogP contribution in [0.5, 0.6) is 5.88 Å². The molecule has 0 saturated heterocycles. The van der Waals surface area contributed by atoms with Crippen LogP contribution in [0.15, 0.2) is 47.6 Å². The average Bonchev–Trinajstić information content (AvgIpc) is 3.62. The molecule has 3 aromatic heterocycles. The Kier molecular flexibility index (Phi) is 7.50. The molecule has 2 atom stereocenters. The summed E-state index contributed by atoms with van der Waals surface area (Å²) >= 11 is 1.36. The van der Waals surface area contributed by atoms with Crippen LogP contribution in [-0.4, -0.2) is 67.4 Å². The highest BCUT2D eigenvalue weighted by atomic mass is 32.2. The second-order valence-corrected chi connectivity index (χ2v) is 13.4. The number of carbonyl (C=O) groups is 1. The number of nitrogens with one attached hydrogen (secondary N) is 1. The molecule has 3 aromatic rings. The molecule has 43 heavy (non-hydrogen) atoms. The topological polar surface area (TPSA) is 88.4 Å². The number of anilines is 2. The Balaban J connectivity index is 1.28. The highest BCUT2D eigenvalue weighted by Crippen LogP contribution is 2.59. The van der Waals surface area contributed by atoms with E-state index in [1.54, 1.807) is 24.4 Å². The first-order valence-corrected chi connectivity index (χ1v) is 15.4. The molecule has 1 saturated carbocycles. The molecule has 0 aromatic carbocycles. The fourth-order valence-corrected chi connectivity index (χ4v) is 6.78. The molecule has 1 fully saturated rings.